The lowest BCUT2D eigenvalue weighted by molar-refractivity contribution is 0.0397. The Morgan fingerprint density at radius 2 is 1.96 bits per heavy atom. The summed E-state index contributed by atoms with van der Waals surface area (Å²) in [7, 11) is 1.58. The average Bonchev–Trinajstić information content (AvgIpc) is 2.66. The van der Waals surface area contributed by atoms with Crippen molar-refractivity contribution in [1.82, 2.24) is 9.80 Å². The maximum atomic E-state index is 10.4. The third-order valence-electron chi connectivity index (χ3n) is 6.06. The van der Waals surface area contributed by atoms with Crippen LogP contribution in [0.15, 0.2) is 18.2 Å². The van der Waals surface area contributed by atoms with Gasteiger partial charge >= 0.3 is 0 Å². The Morgan fingerprint density at radius 1 is 1.15 bits per heavy atom. The summed E-state index contributed by atoms with van der Waals surface area (Å²) in [5.41, 5.74) is 0.910. The zero-order valence-corrected chi connectivity index (χ0v) is 16.1. The SMILES string of the molecule is COc1cccc(CN2CCN(CC3CCCCC3)[C@H](CCO)C2)c1O. The van der Waals surface area contributed by atoms with E-state index in [1.807, 2.05) is 12.1 Å². The third-order valence-corrected chi connectivity index (χ3v) is 6.06. The molecule has 1 saturated heterocycles. The van der Waals surface area contributed by atoms with Crippen LogP contribution in [0.1, 0.15) is 44.1 Å². The van der Waals surface area contributed by atoms with Crippen LogP contribution in [0, 0.1) is 5.92 Å². The monoisotopic (exact) mass is 362 g/mol. The molecule has 3 rings (SSSR count). The smallest absolute Gasteiger partial charge is 0.162 e. The average molecular weight is 363 g/mol. The van der Waals surface area contributed by atoms with Gasteiger partial charge in [-0.05, 0) is 31.2 Å². The third kappa shape index (κ3) is 4.90. The number of aliphatic hydroxyl groups is 1. The van der Waals surface area contributed by atoms with Crippen molar-refractivity contribution < 1.29 is 14.9 Å². The molecule has 0 amide bonds. The van der Waals surface area contributed by atoms with Gasteiger partial charge in [-0.25, -0.2) is 0 Å². The van der Waals surface area contributed by atoms with E-state index in [0.29, 0.717) is 11.8 Å². The second-order valence-electron chi connectivity index (χ2n) is 7.87. The Balaban J connectivity index is 1.60. The van der Waals surface area contributed by atoms with Crippen molar-refractivity contribution in [3.8, 4) is 11.5 Å². The molecule has 0 aromatic heterocycles. The largest absolute Gasteiger partial charge is 0.504 e. The number of para-hydroxylation sites is 1. The number of hydrogen-bond donors (Lipinski definition) is 2. The van der Waals surface area contributed by atoms with Crippen molar-refractivity contribution in [3.05, 3.63) is 23.8 Å². The molecule has 0 spiro atoms. The lowest BCUT2D eigenvalue weighted by atomic mass is 9.88. The van der Waals surface area contributed by atoms with Gasteiger partial charge in [0.2, 0.25) is 0 Å². The molecular weight excluding hydrogens is 328 g/mol. The highest BCUT2D eigenvalue weighted by molar-refractivity contribution is 5.45. The zero-order valence-electron chi connectivity index (χ0n) is 16.1. The Kier molecular flexibility index (Phi) is 7.17. The summed E-state index contributed by atoms with van der Waals surface area (Å²) in [5, 5.41) is 19.9. The van der Waals surface area contributed by atoms with E-state index in [-0.39, 0.29) is 12.4 Å². The Labute approximate surface area is 157 Å². The molecule has 0 unspecified atom stereocenters. The van der Waals surface area contributed by atoms with Crippen LogP contribution in [0.3, 0.4) is 0 Å². The highest BCUT2D eigenvalue weighted by Crippen LogP contribution is 2.31. The topological polar surface area (TPSA) is 56.2 Å². The van der Waals surface area contributed by atoms with E-state index < -0.39 is 0 Å². The predicted molar refractivity (Wildman–Crippen MR) is 104 cm³/mol. The van der Waals surface area contributed by atoms with E-state index in [1.165, 1.54) is 38.6 Å². The summed E-state index contributed by atoms with van der Waals surface area (Å²) < 4.78 is 5.23. The molecule has 1 aliphatic heterocycles. The van der Waals surface area contributed by atoms with Crippen LogP contribution < -0.4 is 4.74 Å². The summed E-state index contributed by atoms with van der Waals surface area (Å²) in [5.74, 6) is 1.61. The van der Waals surface area contributed by atoms with Crippen LogP contribution in [0.2, 0.25) is 0 Å². The van der Waals surface area contributed by atoms with Gasteiger partial charge in [-0.2, -0.15) is 0 Å². The molecule has 2 N–H and O–H groups in total. The van der Waals surface area contributed by atoms with E-state index in [2.05, 4.69) is 9.80 Å². The fraction of sp³-hybridized carbons (Fsp3) is 0.714. The number of aromatic hydroxyl groups is 1. The molecule has 1 heterocycles. The molecule has 1 aromatic rings. The Hall–Kier alpha value is -1.30. The van der Waals surface area contributed by atoms with Crippen molar-refractivity contribution in [1.29, 1.82) is 0 Å². The summed E-state index contributed by atoms with van der Waals surface area (Å²) in [6, 6.07) is 6.09. The van der Waals surface area contributed by atoms with Gasteiger partial charge in [0.15, 0.2) is 11.5 Å². The molecule has 5 heteroatoms. The Bertz CT molecular complexity index is 560. The van der Waals surface area contributed by atoms with Gasteiger partial charge in [0.05, 0.1) is 7.11 Å². The Morgan fingerprint density at radius 3 is 2.69 bits per heavy atom. The van der Waals surface area contributed by atoms with Crippen LogP contribution in [0.5, 0.6) is 11.5 Å². The molecular formula is C21H34N2O3. The molecule has 2 aliphatic rings. The maximum absolute atomic E-state index is 10.4. The fourth-order valence-electron chi connectivity index (χ4n) is 4.57. The number of benzene rings is 1. The first-order chi connectivity index (χ1) is 12.7. The second-order valence-corrected chi connectivity index (χ2v) is 7.87. The van der Waals surface area contributed by atoms with Crippen molar-refractivity contribution in [2.45, 2.75) is 51.1 Å². The van der Waals surface area contributed by atoms with Gasteiger partial charge in [0.1, 0.15) is 0 Å². The number of phenols is 1. The molecule has 1 atom stereocenters. The zero-order chi connectivity index (χ0) is 18.4. The molecule has 146 valence electrons. The number of aliphatic hydroxyl groups excluding tert-OH is 1. The van der Waals surface area contributed by atoms with Crippen LogP contribution >= 0.6 is 0 Å². The van der Waals surface area contributed by atoms with Crippen molar-refractivity contribution in [2.24, 2.45) is 5.92 Å². The van der Waals surface area contributed by atoms with Crippen LogP contribution in [-0.2, 0) is 6.54 Å². The van der Waals surface area contributed by atoms with Crippen molar-refractivity contribution in [2.75, 3.05) is 39.9 Å². The highest BCUT2D eigenvalue weighted by Gasteiger charge is 2.29. The maximum Gasteiger partial charge on any atom is 0.162 e. The number of hydrogen-bond acceptors (Lipinski definition) is 5. The van der Waals surface area contributed by atoms with Crippen LogP contribution in [0.25, 0.3) is 0 Å². The molecule has 0 radical (unpaired) electrons. The summed E-state index contributed by atoms with van der Waals surface area (Å²) in [6.07, 6.45) is 7.71. The minimum atomic E-state index is 0.240. The summed E-state index contributed by atoms with van der Waals surface area (Å²) in [6.45, 7) is 5.15. The molecule has 1 aromatic carbocycles. The fourth-order valence-corrected chi connectivity index (χ4v) is 4.57. The van der Waals surface area contributed by atoms with Gasteiger partial charge in [-0.1, -0.05) is 31.4 Å². The van der Waals surface area contributed by atoms with Crippen molar-refractivity contribution >= 4 is 0 Å². The van der Waals surface area contributed by atoms with Gasteiger partial charge in [-0.15, -0.1) is 0 Å². The standard InChI is InChI=1S/C21H34N2O3/c1-26-20-9-5-8-18(21(20)25)15-22-11-12-23(19(16-22)10-13-24)14-17-6-3-2-4-7-17/h5,8-9,17,19,24-25H,2-4,6-7,10-16H2,1H3/t19-/m1/s1. The summed E-state index contributed by atoms with van der Waals surface area (Å²) >= 11 is 0. The normalized spacial score (nSPS) is 23.2. The van der Waals surface area contributed by atoms with Crippen LogP contribution in [-0.4, -0.2) is 66.0 Å². The van der Waals surface area contributed by atoms with Crippen LogP contribution in [0.4, 0.5) is 0 Å². The molecule has 1 aliphatic carbocycles. The van der Waals surface area contributed by atoms with E-state index in [0.717, 1.165) is 44.1 Å². The number of rotatable bonds is 7. The van der Waals surface area contributed by atoms with Gasteiger partial charge in [0.25, 0.3) is 0 Å². The first kappa shape index (κ1) is 19.5. The quantitative estimate of drug-likeness (QED) is 0.781. The number of piperazine rings is 1. The lowest BCUT2D eigenvalue weighted by Gasteiger charge is -2.43. The highest BCUT2D eigenvalue weighted by atomic mass is 16.5. The number of methoxy groups -OCH3 is 1. The van der Waals surface area contributed by atoms with Gasteiger partial charge in [-0.3, -0.25) is 9.80 Å². The number of ether oxygens (including phenoxy) is 1. The van der Waals surface area contributed by atoms with Crippen molar-refractivity contribution in [3.63, 3.8) is 0 Å². The first-order valence-corrected chi connectivity index (χ1v) is 10.1. The van der Waals surface area contributed by atoms with E-state index in [1.54, 1.807) is 13.2 Å². The molecule has 1 saturated carbocycles. The second kappa shape index (κ2) is 9.58. The molecule has 0 bridgehead atoms. The predicted octanol–water partition coefficient (Wildman–Crippen LogP) is 2.85. The number of nitrogens with zero attached hydrogens (tertiary/aromatic N) is 2. The van der Waals surface area contributed by atoms with Gasteiger partial charge in [0, 0.05) is 50.9 Å². The number of phenolic OH excluding ortho intramolecular Hbond substituents is 1. The molecule has 5 nitrogen and oxygen atoms in total. The van der Waals surface area contributed by atoms with Gasteiger partial charge < -0.3 is 14.9 Å². The minimum Gasteiger partial charge on any atom is -0.504 e. The minimum absolute atomic E-state index is 0.240. The van der Waals surface area contributed by atoms with E-state index in [4.69, 9.17) is 4.74 Å². The summed E-state index contributed by atoms with van der Waals surface area (Å²) in [4.78, 5) is 5.00. The van der Waals surface area contributed by atoms with E-state index in [9.17, 15) is 10.2 Å². The van der Waals surface area contributed by atoms with E-state index >= 15 is 0 Å². The molecule has 26 heavy (non-hydrogen) atoms. The molecule has 2 fully saturated rings. The lowest BCUT2D eigenvalue weighted by Crippen LogP contribution is -2.54. The first-order valence-electron chi connectivity index (χ1n) is 10.1.